The summed E-state index contributed by atoms with van der Waals surface area (Å²) in [5.74, 6) is 0.800. The third kappa shape index (κ3) is 4.96. The number of carbonyl (C=O) groups is 1. The van der Waals surface area contributed by atoms with Crippen LogP contribution in [0.15, 0.2) is 42.5 Å². The van der Waals surface area contributed by atoms with E-state index >= 15 is 0 Å². The molecule has 0 aliphatic carbocycles. The van der Waals surface area contributed by atoms with E-state index in [9.17, 15) is 13.2 Å². The average molecular weight is 376 g/mol. The van der Waals surface area contributed by atoms with Crippen LogP contribution in [0.5, 0.6) is 11.5 Å². The van der Waals surface area contributed by atoms with Crippen LogP contribution < -0.4 is 19.5 Å². The number of hydrogen-bond acceptors (Lipinski definition) is 5. The quantitative estimate of drug-likeness (QED) is 0.772. The minimum atomic E-state index is -3.49. The summed E-state index contributed by atoms with van der Waals surface area (Å²) in [4.78, 5) is 12.0. The van der Waals surface area contributed by atoms with E-state index in [-0.39, 0.29) is 31.4 Å². The maximum absolute atomic E-state index is 12.1. The van der Waals surface area contributed by atoms with Gasteiger partial charge in [-0.3, -0.25) is 4.79 Å². The minimum Gasteiger partial charge on any atom is -0.454 e. The zero-order valence-electron chi connectivity index (χ0n) is 14.3. The largest absolute Gasteiger partial charge is 0.454 e. The summed E-state index contributed by atoms with van der Waals surface area (Å²) in [6, 6.07) is 12.4. The van der Waals surface area contributed by atoms with E-state index in [0.29, 0.717) is 22.7 Å². The monoisotopic (exact) mass is 376 g/mol. The van der Waals surface area contributed by atoms with Crippen LogP contribution in [-0.2, 0) is 20.6 Å². The Bertz CT molecular complexity index is 912. The Morgan fingerprint density at radius 1 is 1.12 bits per heavy atom. The van der Waals surface area contributed by atoms with Crippen molar-refractivity contribution in [2.45, 2.75) is 19.1 Å². The highest BCUT2D eigenvalue weighted by Crippen LogP contribution is 2.34. The molecule has 0 spiro atoms. The summed E-state index contributed by atoms with van der Waals surface area (Å²) in [5, 5.41) is 2.71. The maximum Gasteiger partial charge on any atom is 0.231 e. The molecule has 26 heavy (non-hydrogen) atoms. The number of rotatable bonds is 7. The Balaban J connectivity index is 1.47. The van der Waals surface area contributed by atoms with E-state index in [1.165, 1.54) is 0 Å². The van der Waals surface area contributed by atoms with Gasteiger partial charge in [0.1, 0.15) is 0 Å². The van der Waals surface area contributed by atoms with E-state index in [2.05, 4.69) is 10.0 Å². The van der Waals surface area contributed by atoms with Gasteiger partial charge < -0.3 is 14.8 Å². The van der Waals surface area contributed by atoms with Crippen LogP contribution in [0.3, 0.4) is 0 Å². The molecular weight excluding hydrogens is 356 g/mol. The molecule has 0 radical (unpaired) electrons. The van der Waals surface area contributed by atoms with Crippen LogP contribution in [0, 0.1) is 6.92 Å². The minimum absolute atomic E-state index is 0.0293. The van der Waals surface area contributed by atoms with E-state index in [0.717, 1.165) is 5.56 Å². The number of hydrogen-bond donors (Lipinski definition) is 2. The van der Waals surface area contributed by atoms with Crippen LogP contribution in [0.2, 0.25) is 0 Å². The first kappa shape index (κ1) is 18.2. The Morgan fingerprint density at radius 3 is 2.73 bits per heavy atom. The Morgan fingerprint density at radius 2 is 1.92 bits per heavy atom. The normalized spacial score (nSPS) is 12.8. The van der Waals surface area contributed by atoms with Crippen LogP contribution >= 0.6 is 0 Å². The second-order valence-corrected chi connectivity index (χ2v) is 7.82. The lowest BCUT2D eigenvalue weighted by Crippen LogP contribution is -2.28. The second kappa shape index (κ2) is 7.76. The van der Waals surface area contributed by atoms with E-state index in [1.54, 1.807) is 24.3 Å². The molecule has 1 aliphatic rings. The molecule has 0 unspecified atom stereocenters. The number of sulfonamides is 1. The van der Waals surface area contributed by atoms with Gasteiger partial charge in [-0.15, -0.1) is 0 Å². The molecule has 2 aromatic carbocycles. The number of anilines is 1. The number of amides is 1. The van der Waals surface area contributed by atoms with Crippen molar-refractivity contribution >= 4 is 21.6 Å². The first-order valence-electron chi connectivity index (χ1n) is 8.14. The van der Waals surface area contributed by atoms with Crippen molar-refractivity contribution in [2.24, 2.45) is 0 Å². The third-order valence-corrected chi connectivity index (χ3v) is 5.13. The highest BCUT2D eigenvalue weighted by Gasteiger charge is 2.15. The van der Waals surface area contributed by atoms with E-state index in [4.69, 9.17) is 9.47 Å². The fourth-order valence-electron chi connectivity index (χ4n) is 2.59. The lowest BCUT2D eigenvalue weighted by molar-refractivity contribution is -0.116. The molecule has 7 nitrogen and oxygen atoms in total. The molecule has 1 heterocycles. The maximum atomic E-state index is 12.1. The van der Waals surface area contributed by atoms with Crippen LogP contribution in [0.4, 0.5) is 5.69 Å². The number of nitrogens with one attached hydrogen (secondary N) is 2. The molecule has 2 N–H and O–H groups in total. The molecule has 2 aromatic rings. The van der Waals surface area contributed by atoms with Gasteiger partial charge in [0.25, 0.3) is 0 Å². The Kier molecular flexibility index (Phi) is 5.43. The fourth-order valence-corrected chi connectivity index (χ4v) is 3.72. The van der Waals surface area contributed by atoms with Crippen LogP contribution in [0.25, 0.3) is 0 Å². The smallest absolute Gasteiger partial charge is 0.231 e. The van der Waals surface area contributed by atoms with Crippen LogP contribution in [-0.4, -0.2) is 27.7 Å². The SMILES string of the molecule is Cc1cccc(CS(=O)(=O)NCCC(=O)Nc2ccc3c(c2)OCO3)c1. The van der Waals surface area contributed by atoms with Gasteiger partial charge >= 0.3 is 0 Å². The summed E-state index contributed by atoms with van der Waals surface area (Å²) in [6.45, 7) is 2.10. The Labute approximate surface area is 152 Å². The summed E-state index contributed by atoms with van der Waals surface area (Å²) in [6.07, 6.45) is 0.0293. The predicted octanol–water partition coefficient (Wildman–Crippen LogP) is 2.17. The van der Waals surface area contributed by atoms with Crippen molar-refractivity contribution in [1.82, 2.24) is 4.72 Å². The molecule has 0 saturated heterocycles. The highest BCUT2D eigenvalue weighted by atomic mass is 32.2. The molecule has 0 fully saturated rings. The average Bonchev–Trinajstić information content (AvgIpc) is 3.01. The number of aryl methyl sites for hydroxylation is 1. The van der Waals surface area contributed by atoms with Crippen molar-refractivity contribution in [3.8, 4) is 11.5 Å². The van der Waals surface area contributed by atoms with Gasteiger partial charge in [-0.1, -0.05) is 29.8 Å². The summed E-state index contributed by atoms with van der Waals surface area (Å²) < 4.78 is 37.1. The number of benzene rings is 2. The van der Waals surface area contributed by atoms with Gasteiger partial charge in [0.2, 0.25) is 22.7 Å². The molecule has 0 saturated carbocycles. The molecule has 8 heteroatoms. The summed E-state index contributed by atoms with van der Waals surface area (Å²) >= 11 is 0. The van der Waals surface area contributed by atoms with Gasteiger partial charge in [-0.05, 0) is 24.6 Å². The Hall–Kier alpha value is -2.58. The second-order valence-electron chi connectivity index (χ2n) is 6.01. The predicted molar refractivity (Wildman–Crippen MR) is 97.6 cm³/mol. The third-order valence-electron chi connectivity index (χ3n) is 3.77. The molecule has 0 bridgehead atoms. The van der Waals surface area contributed by atoms with Crippen molar-refractivity contribution < 1.29 is 22.7 Å². The molecular formula is C18H20N2O5S. The van der Waals surface area contributed by atoms with Crippen molar-refractivity contribution in [2.75, 3.05) is 18.7 Å². The standard InChI is InChI=1S/C18H20N2O5S/c1-13-3-2-4-14(9-13)11-26(22,23)19-8-7-18(21)20-15-5-6-16-17(10-15)25-12-24-16/h2-6,9-10,19H,7-8,11-12H2,1H3,(H,20,21). The van der Waals surface area contributed by atoms with Crippen molar-refractivity contribution in [1.29, 1.82) is 0 Å². The fraction of sp³-hybridized carbons (Fsp3) is 0.278. The van der Waals surface area contributed by atoms with Gasteiger partial charge in [-0.2, -0.15) is 0 Å². The van der Waals surface area contributed by atoms with Gasteiger partial charge in [0.05, 0.1) is 5.75 Å². The number of ether oxygens (including phenoxy) is 2. The molecule has 1 amide bonds. The summed E-state index contributed by atoms with van der Waals surface area (Å²) in [5.41, 5.74) is 2.28. The molecule has 0 aromatic heterocycles. The van der Waals surface area contributed by atoms with Crippen LogP contribution in [0.1, 0.15) is 17.5 Å². The lowest BCUT2D eigenvalue weighted by atomic mass is 10.2. The topological polar surface area (TPSA) is 93.7 Å². The van der Waals surface area contributed by atoms with Crippen molar-refractivity contribution in [3.05, 3.63) is 53.6 Å². The lowest BCUT2D eigenvalue weighted by Gasteiger charge is -2.08. The summed E-state index contributed by atoms with van der Waals surface area (Å²) in [7, 11) is -3.49. The first-order valence-corrected chi connectivity index (χ1v) is 9.79. The molecule has 138 valence electrons. The van der Waals surface area contributed by atoms with E-state index in [1.807, 2.05) is 25.1 Å². The highest BCUT2D eigenvalue weighted by molar-refractivity contribution is 7.88. The van der Waals surface area contributed by atoms with E-state index < -0.39 is 10.0 Å². The van der Waals surface area contributed by atoms with Gasteiger partial charge in [0, 0.05) is 24.7 Å². The first-order chi connectivity index (χ1) is 12.4. The molecule has 3 rings (SSSR count). The van der Waals surface area contributed by atoms with Gasteiger partial charge in [-0.25, -0.2) is 13.1 Å². The zero-order chi connectivity index (χ0) is 18.6. The molecule has 1 aliphatic heterocycles. The number of fused-ring (bicyclic) bond motifs is 1. The van der Waals surface area contributed by atoms with Gasteiger partial charge in [0.15, 0.2) is 11.5 Å². The number of carbonyl (C=O) groups excluding carboxylic acids is 1. The zero-order valence-corrected chi connectivity index (χ0v) is 15.1. The van der Waals surface area contributed by atoms with Crippen molar-refractivity contribution in [3.63, 3.8) is 0 Å². The molecule has 0 atom stereocenters.